The molecule has 1 amide bonds. The summed E-state index contributed by atoms with van der Waals surface area (Å²) in [5, 5.41) is 6.39. The Balaban J connectivity index is 1.58. The Kier molecular flexibility index (Phi) is 8.89. The van der Waals surface area contributed by atoms with Crippen LogP contribution in [0.3, 0.4) is 0 Å². The van der Waals surface area contributed by atoms with E-state index < -0.39 is 60.6 Å². The number of esters is 1. The zero-order valence-electron chi connectivity index (χ0n) is 25.1. The topological polar surface area (TPSA) is 185 Å². The van der Waals surface area contributed by atoms with Crippen molar-refractivity contribution in [2.24, 2.45) is 17.0 Å². The fourth-order valence-electron chi connectivity index (χ4n) is 4.92. The van der Waals surface area contributed by atoms with E-state index in [1.807, 2.05) is 30.3 Å². The zero-order chi connectivity index (χ0) is 32.5. The number of ether oxygens (including phenoxy) is 5. The summed E-state index contributed by atoms with van der Waals surface area (Å²) in [6.07, 6.45) is -8.05. The molecular weight excluding hydrogens is 598 g/mol. The van der Waals surface area contributed by atoms with Crippen LogP contribution in [0.1, 0.15) is 39.5 Å². The molecule has 0 bridgehead atoms. The van der Waals surface area contributed by atoms with Gasteiger partial charge in [-0.2, -0.15) is 18.7 Å². The van der Waals surface area contributed by atoms with Gasteiger partial charge in [-0.25, -0.2) is 4.98 Å². The van der Waals surface area contributed by atoms with Crippen LogP contribution in [0.2, 0.25) is 0 Å². The van der Waals surface area contributed by atoms with Gasteiger partial charge in [-0.05, 0) is 11.1 Å². The molecule has 1 saturated heterocycles. The van der Waals surface area contributed by atoms with E-state index >= 15 is 0 Å². The highest BCUT2D eigenvalue weighted by atomic mass is 19.3. The average Bonchev–Trinajstić information content (AvgIpc) is 3.24. The summed E-state index contributed by atoms with van der Waals surface area (Å²) in [6.45, 7) is 5.52. The number of carbonyl (C=O) groups excluding carboxylic acids is 2. The number of nitrogens with zero attached hydrogens (tertiary/aromatic N) is 7. The highest BCUT2D eigenvalue weighted by molar-refractivity contribution is 5.91. The van der Waals surface area contributed by atoms with E-state index in [0.717, 1.165) is 12.7 Å². The average molecular weight is 631 g/mol. The molecule has 0 spiro atoms. The number of azide groups is 1. The summed E-state index contributed by atoms with van der Waals surface area (Å²) in [5.41, 5.74) is 8.58. The number of anilines is 1. The molecule has 3 heterocycles. The van der Waals surface area contributed by atoms with Crippen LogP contribution in [-0.2, 0) is 35.1 Å². The van der Waals surface area contributed by atoms with Crippen molar-refractivity contribution in [2.45, 2.75) is 70.5 Å². The highest BCUT2D eigenvalue weighted by Crippen LogP contribution is 2.60. The lowest BCUT2D eigenvalue weighted by Gasteiger charge is -2.31. The Hall–Kier alpha value is -4.44. The molecule has 1 aromatic carbocycles. The number of carbonyl (C=O) groups is 2. The second-order valence-electron chi connectivity index (χ2n) is 11.2. The number of rotatable bonds is 13. The van der Waals surface area contributed by atoms with Crippen molar-refractivity contribution in [1.29, 1.82) is 0 Å². The van der Waals surface area contributed by atoms with Crippen LogP contribution in [0, 0.1) is 11.8 Å². The summed E-state index contributed by atoms with van der Waals surface area (Å²) in [7, 11) is 1.07. The Labute approximate surface area is 255 Å². The Bertz CT molecular complexity index is 1610. The number of fused-ring (bicyclic) bond motifs is 2. The van der Waals surface area contributed by atoms with E-state index in [1.165, 1.54) is 10.9 Å². The Morgan fingerprint density at radius 1 is 1.18 bits per heavy atom. The molecule has 17 heteroatoms. The Morgan fingerprint density at radius 3 is 2.56 bits per heavy atom. The first kappa shape index (κ1) is 32.0. The molecule has 5 atom stereocenters. The van der Waals surface area contributed by atoms with E-state index in [1.54, 1.807) is 27.7 Å². The van der Waals surface area contributed by atoms with Crippen LogP contribution in [-0.4, -0.2) is 75.1 Å². The number of halogens is 2. The molecule has 15 nitrogen and oxygen atoms in total. The van der Waals surface area contributed by atoms with Gasteiger partial charge in [-0.1, -0.05) is 63.1 Å². The van der Waals surface area contributed by atoms with Gasteiger partial charge >= 0.3 is 12.1 Å². The summed E-state index contributed by atoms with van der Waals surface area (Å²) >= 11 is 0. The van der Waals surface area contributed by atoms with Crippen molar-refractivity contribution in [3.63, 3.8) is 0 Å². The van der Waals surface area contributed by atoms with Gasteiger partial charge in [0.05, 0.1) is 12.2 Å². The molecule has 45 heavy (non-hydrogen) atoms. The third-order valence-electron chi connectivity index (χ3n) is 7.26. The fraction of sp³-hybridized carbons (Fsp3) is 0.536. The van der Waals surface area contributed by atoms with Crippen LogP contribution >= 0.6 is 0 Å². The third-order valence-corrected chi connectivity index (χ3v) is 7.26. The quantitative estimate of drug-likeness (QED) is 0.124. The fourth-order valence-corrected chi connectivity index (χ4v) is 4.92. The van der Waals surface area contributed by atoms with E-state index in [2.05, 4.69) is 35.0 Å². The van der Waals surface area contributed by atoms with Crippen LogP contribution in [0.15, 0.2) is 41.8 Å². The Morgan fingerprint density at radius 2 is 1.91 bits per heavy atom. The maximum absolute atomic E-state index is 15.0. The lowest BCUT2D eigenvalue weighted by Crippen LogP contribution is -2.44. The van der Waals surface area contributed by atoms with Crippen molar-refractivity contribution < 1.29 is 42.1 Å². The number of methoxy groups -OCH3 is 1. The number of nitrogens with one attached hydrogen (secondary N) is 1. The molecule has 3 aromatic rings. The van der Waals surface area contributed by atoms with Crippen molar-refractivity contribution in [1.82, 2.24) is 19.5 Å². The molecule has 2 aliphatic rings. The largest absolute Gasteiger partial charge is 0.471 e. The minimum absolute atomic E-state index is 0.000459. The maximum atomic E-state index is 15.0. The minimum atomic E-state index is -3.87. The lowest BCUT2D eigenvalue weighted by molar-refractivity contribution is -0.300. The molecule has 2 unspecified atom stereocenters. The summed E-state index contributed by atoms with van der Waals surface area (Å²) in [6, 6.07) is 9.22. The molecule has 1 aliphatic carbocycles. The van der Waals surface area contributed by atoms with Gasteiger partial charge < -0.3 is 23.7 Å². The SMILES string of the molecule is COCC(F)(F)O[C@H]1[C@H](n2cnc3c(OCc4ccccc4)nc(NC(=O)C(C)C)nc32)O[C@@H]2C(OC(=O)C(C)C)C21N=[N+]=[N-]. The van der Waals surface area contributed by atoms with Crippen molar-refractivity contribution in [2.75, 3.05) is 19.0 Å². The summed E-state index contributed by atoms with van der Waals surface area (Å²) in [5.74, 6) is -2.13. The number of hydrogen-bond donors (Lipinski definition) is 1. The standard InChI is InChI=1S/C28H32F2N8O7/c1-14(2)22(39)34-26-33-21-17(23(35-26)42-11-16-9-7-6-8-10-16)32-13-38(21)24-20(45-27(29,30)12-41-5)28(36-37-31)18(43-24)19(28)44-25(40)15(3)4/h6-10,13-15,18-20,24H,11-12H2,1-5H3,(H,33,34,35,39)/t18-,19?,20+,24-,28?/m1/s1. The summed E-state index contributed by atoms with van der Waals surface area (Å²) < 4.78 is 58.6. The maximum Gasteiger partial charge on any atom is 0.379 e. The lowest BCUT2D eigenvalue weighted by atomic mass is 10.1. The van der Waals surface area contributed by atoms with E-state index in [-0.39, 0.29) is 35.5 Å². The number of alkyl halides is 2. The molecule has 0 radical (unpaired) electrons. The van der Waals surface area contributed by atoms with Crippen molar-refractivity contribution in [3.8, 4) is 5.88 Å². The number of aromatic nitrogens is 4. The smallest absolute Gasteiger partial charge is 0.379 e. The normalized spacial score (nSPS) is 23.9. The molecule has 240 valence electrons. The van der Waals surface area contributed by atoms with Gasteiger partial charge in [0.2, 0.25) is 17.7 Å². The molecule has 1 saturated carbocycles. The van der Waals surface area contributed by atoms with Crippen molar-refractivity contribution in [3.05, 3.63) is 52.7 Å². The van der Waals surface area contributed by atoms with Gasteiger partial charge in [-0.15, -0.1) is 0 Å². The molecule has 2 fully saturated rings. The van der Waals surface area contributed by atoms with E-state index in [0.29, 0.717) is 0 Å². The first-order valence-electron chi connectivity index (χ1n) is 14.1. The first-order valence-corrected chi connectivity index (χ1v) is 14.1. The second kappa shape index (κ2) is 12.5. The second-order valence-corrected chi connectivity index (χ2v) is 11.2. The minimum Gasteiger partial charge on any atom is -0.471 e. The van der Waals surface area contributed by atoms with Gasteiger partial charge in [0.1, 0.15) is 37.1 Å². The molecule has 5 rings (SSSR count). The molecule has 1 aliphatic heterocycles. The van der Waals surface area contributed by atoms with E-state index in [9.17, 15) is 23.9 Å². The monoisotopic (exact) mass is 630 g/mol. The van der Waals surface area contributed by atoms with Crippen LogP contribution in [0.25, 0.3) is 21.6 Å². The van der Waals surface area contributed by atoms with E-state index in [4.69, 9.17) is 18.9 Å². The number of amides is 1. The van der Waals surface area contributed by atoms with Gasteiger partial charge in [0, 0.05) is 17.9 Å². The number of benzene rings is 1. The third kappa shape index (κ3) is 6.24. The molecule has 1 N–H and O–H groups in total. The first-order chi connectivity index (χ1) is 21.4. The van der Waals surface area contributed by atoms with Crippen LogP contribution in [0.5, 0.6) is 5.88 Å². The van der Waals surface area contributed by atoms with Crippen LogP contribution in [0.4, 0.5) is 14.7 Å². The van der Waals surface area contributed by atoms with Gasteiger partial charge in [0.15, 0.2) is 17.4 Å². The zero-order valence-corrected chi connectivity index (χ0v) is 25.1. The molecule has 2 aromatic heterocycles. The number of hydrogen-bond acceptors (Lipinski definition) is 11. The van der Waals surface area contributed by atoms with Gasteiger partial charge in [0.25, 0.3) is 0 Å². The predicted octanol–water partition coefficient (Wildman–Crippen LogP) is 4.15. The highest BCUT2D eigenvalue weighted by Gasteiger charge is 2.81. The predicted molar refractivity (Wildman–Crippen MR) is 152 cm³/mol. The van der Waals surface area contributed by atoms with Gasteiger partial charge in [-0.3, -0.25) is 19.5 Å². The summed E-state index contributed by atoms with van der Waals surface area (Å²) in [4.78, 5) is 40.9. The molecular formula is C28H32F2N8O7. The van der Waals surface area contributed by atoms with Crippen molar-refractivity contribution >= 4 is 29.0 Å². The van der Waals surface area contributed by atoms with Crippen LogP contribution < -0.4 is 10.1 Å². The number of imidazole rings is 1.